The second-order valence-electron chi connectivity index (χ2n) is 5.12. The molecule has 1 saturated carbocycles. The Bertz CT molecular complexity index is 375. The van der Waals surface area contributed by atoms with Crippen molar-refractivity contribution >= 4 is 39.7 Å². The molecule has 0 radical (unpaired) electrons. The molecule has 0 saturated heterocycles. The fourth-order valence-corrected chi connectivity index (χ4v) is 4.17. The van der Waals surface area contributed by atoms with Gasteiger partial charge in [-0.25, -0.2) is 0 Å². The summed E-state index contributed by atoms with van der Waals surface area (Å²) in [5.41, 5.74) is 0.931. The van der Waals surface area contributed by atoms with E-state index in [2.05, 4.69) is 36.4 Å². The normalized spacial score (nSPS) is 30.3. The van der Waals surface area contributed by atoms with Crippen molar-refractivity contribution in [2.24, 2.45) is 17.8 Å². The standard InChI is InChI=1S/C13H17IOS/c1-8-3-9(2)5-10(4-8)13(15)11-6-12(14)16-7-11/h6-10H,3-5H2,1-2H3. The van der Waals surface area contributed by atoms with Gasteiger partial charge in [0.25, 0.3) is 0 Å². The molecule has 88 valence electrons. The third-order valence-corrected chi connectivity index (χ3v) is 5.19. The van der Waals surface area contributed by atoms with E-state index in [4.69, 9.17) is 0 Å². The van der Waals surface area contributed by atoms with Crippen LogP contribution in [0.25, 0.3) is 0 Å². The third kappa shape index (κ3) is 2.86. The molecule has 16 heavy (non-hydrogen) atoms. The van der Waals surface area contributed by atoms with Crippen molar-refractivity contribution in [1.82, 2.24) is 0 Å². The minimum Gasteiger partial charge on any atom is -0.294 e. The summed E-state index contributed by atoms with van der Waals surface area (Å²) < 4.78 is 1.21. The van der Waals surface area contributed by atoms with Crippen LogP contribution in [-0.2, 0) is 0 Å². The minimum atomic E-state index is 0.268. The largest absolute Gasteiger partial charge is 0.294 e. The summed E-state index contributed by atoms with van der Waals surface area (Å²) >= 11 is 3.94. The van der Waals surface area contributed by atoms with Crippen molar-refractivity contribution in [3.63, 3.8) is 0 Å². The predicted octanol–water partition coefficient (Wildman–Crippen LogP) is 4.61. The molecule has 0 spiro atoms. The van der Waals surface area contributed by atoms with E-state index in [0.717, 1.165) is 18.4 Å². The Hall–Kier alpha value is 0.1000. The van der Waals surface area contributed by atoms with Crippen molar-refractivity contribution in [1.29, 1.82) is 0 Å². The van der Waals surface area contributed by atoms with E-state index in [1.165, 1.54) is 9.30 Å². The quantitative estimate of drug-likeness (QED) is 0.564. The molecular formula is C13H17IOS. The predicted molar refractivity (Wildman–Crippen MR) is 77.0 cm³/mol. The lowest BCUT2D eigenvalue weighted by Crippen LogP contribution is -2.25. The maximum absolute atomic E-state index is 12.3. The topological polar surface area (TPSA) is 17.1 Å². The molecule has 0 amide bonds. The number of thiophene rings is 1. The Morgan fingerprint density at radius 1 is 1.31 bits per heavy atom. The maximum atomic E-state index is 12.3. The summed E-state index contributed by atoms with van der Waals surface area (Å²) in [6.07, 6.45) is 3.44. The number of carbonyl (C=O) groups excluding carboxylic acids is 1. The van der Waals surface area contributed by atoms with E-state index in [-0.39, 0.29) is 5.92 Å². The van der Waals surface area contributed by atoms with Gasteiger partial charge in [0.15, 0.2) is 5.78 Å². The fourth-order valence-electron chi connectivity index (χ4n) is 2.84. The van der Waals surface area contributed by atoms with E-state index in [0.29, 0.717) is 17.6 Å². The molecule has 0 aromatic carbocycles. The third-order valence-electron chi connectivity index (χ3n) is 3.40. The number of rotatable bonds is 2. The summed E-state index contributed by atoms with van der Waals surface area (Å²) in [6, 6.07) is 2.03. The van der Waals surface area contributed by atoms with Gasteiger partial charge in [0.05, 0.1) is 2.88 Å². The zero-order chi connectivity index (χ0) is 11.7. The Morgan fingerprint density at radius 2 is 1.94 bits per heavy atom. The lowest BCUT2D eigenvalue weighted by Gasteiger charge is -2.30. The van der Waals surface area contributed by atoms with Crippen LogP contribution in [-0.4, -0.2) is 5.78 Å². The molecule has 3 heteroatoms. The van der Waals surface area contributed by atoms with Crippen molar-refractivity contribution in [2.45, 2.75) is 33.1 Å². The Balaban J connectivity index is 2.09. The van der Waals surface area contributed by atoms with Crippen LogP contribution in [0.1, 0.15) is 43.5 Å². The van der Waals surface area contributed by atoms with E-state index < -0.39 is 0 Å². The van der Waals surface area contributed by atoms with Crippen LogP contribution >= 0.6 is 33.9 Å². The molecule has 2 atom stereocenters. The van der Waals surface area contributed by atoms with E-state index >= 15 is 0 Å². The highest BCUT2D eigenvalue weighted by atomic mass is 127. The van der Waals surface area contributed by atoms with Crippen LogP contribution in [0.4, 0.5) is 0 Å². The minimum absolute atomic E-state index is 0.268. The molecule has 2 rings (SSSR count). The average molecular weight is 348 g/mol. The molecule has 1 nitrogen and oxygen atoms in total. The number of ketones is 1. The molecule has 0 N–H and O–H groups in total. The first-order chi connectivity index (χ1) is 7.56. The lowest BCUT2D eigenvalue weighted by molar-refractivity contribution is 0.0836. The molecule has 1 aromatic rings. The van der Waals surface area contributed by atoms with Gasteiger partial charge < -0.3 is 0 Å². The van der Waals surface area contributed by atoms with Gasteiger partial charge in [-0.15, -0.1) is 11.3 Å². The highest BCUT2D eigenvalue weighted by Gasteiger charge is 2.29. The van der Waals surface area contributed by atoms with Gasteiger partial charge >= 0.3 is 0 Å². The highest BCUT2D eigenvalue weighted by molar-refractivity contribution is 14.1. The Kier molecular flexibility index (Phi) is 4.06. The van der Waals surface area contributed by atoms with E-state index in [1.807, 2.05) is 11.4 Å². The molecule has 0 aliphatic heterocycles. The first kappa shape index (κ1) is 12.6. The van der Waals surface area contributed by atoms with Crippen LogP contribution in [0, 0.1) is 20.6 Å². The number of hydrogen-bond acceptors (Lipinski definition) is 2. The summed E-state index contributed by atoms with van der Waals surface area (Å²) in [4.78, 5) is 12.3. The number of halogens is 1. The van der Waals surface area contributed by atoms with Crippen LogP contribution in [0.3, 0.4) is 0 Å². The van der Waals surface area contributed by atoms with Gasteiger partial charge in [0.1, 0.15) is 0 Å². The highest BCUT2D eigenvalue weighted by Crippen LogP contribution is 2.35. The fraction of sp³-hybridized carbons (Fsp3) is 0.615. The molecule has 1 heterocycles. The van der Waals surface area contributed by atoms with Gasteiger partial charge in [-0.2, -0.15) is 0 Å². The monoisotopic (exact) mass is 348 g/mol. The van der Waals surface area contributed by atoms with Crippen molar-refractivity contribution in [3.05, 3.63) is 19.9 Å². The zero-order valence-corrected chi connectivity index (χ0v) is 12.7. The SMILES string of the molecule is CC1CC(C)CC(C(=O)c2csc(I)c2)C1. The number of carbonyl (C=O) groups is 1. The molecule has 1 fully saturated rings. The lowest BCUT2D eigenvalue weighted by atomic mass is 9.74. The van der Waals surface area contributed by atoms with Crippen LogP contribution in [0.5, 0.6) is 0 Å². The first-order valence-electron chi connectivity index (χ1n) is 5.84. The summed E-state index contributed by atoms with van der Waals surface area (Å²) in [5, 5.41) is 2.01. The number of Topliss-reactive ketones (excluding diaryl/α,β-unsaturated/α-hetero) is 1. The Morgan fingerprint density at radius 3 is 2.44 bits per heavy atom. The smallest absolute Gasteiger partial charge is 0.166 e. The van der Waals surface area contributed by atoms with Crippen LogP contribution in [0.2, 0.25) is 0 Å². The summed E-state index contributed by atoms with van der Waals surface area (Å²) in [6.45, 7) is 4.54. The van der Waals surface area contributed by atoms with Crippen molar-refractivity contribution in [2.75, 3.05) is 0 Å². The summed E-state index contributed by atoms with van der Waals surface area (Å²) in [7, 11) is 0. The van der Waals surface area contributed by atoms with E-state index in [9.17, 15) is 4.79 Å². The van der Waals surface area contributed by atoms with Crippen LogP contribution < -0.4 is 0 Å². The maximum Gasteiger partial charge on any atom is 0.166 e. The molecule has 1 aromatic heterocycles. The summed E-state index contributed by atoms with van der Waals surface area (Å²) in [5.74, 6) is 2.05. The molecule has 0 bridgehead atoms. The zero-order valence-electron chi connectivity index (χ0n) is 9.70. The first-order valence-corrected chi connectivity index (χ1v) is 7.80. The Labute approximate surface area is 115 Å². The van der Waals surface area contributed by atoms with E-state index in [1.54, 1.807) is 11.3 Å². The van der Waals surface area contributed by atoms with Gasteiger partial charge in [-0.1, -0.05) is 13.8 Å². The molecule has 1 aliphatic carbocycles. The van der Waals surface area contributed by atoms with Gasteiger partial charge in [0, 0.05) is 16.9 Å². The van der Waals surface area contributed by atoms with Gasteiger partial charge in [-0.3, -0.25) is 4.79 Å². The molecular weight excluding hydrogens is 331 g/mol. The van der Waals surface area contributed by atoms with Crippen molar-refractivity contribution in [3.8, 4) is 0 Å². The second-order valence-corrected chi connectivity index (χ2v) is 7.92. The van der Waals surface area contributed by atoms with Gasteiger partial charge in [0.2, 0.25) is 0 Å². The molecule has 1 aliphatic rings. The number of hydrogen-bond donors (Lipinski definition) is 0. The van der Waals surface area contributed by atoms with Gasteiger partial charge in [-0.05, 0) is 59.8 Å². The average Bonchev–Trinajstić information content (AvgIpc) is 2.62. The van der Waals surface area contributed by atoms with Crippen molar-refractivity contribution < 1.29 is 4.79 Å². The van der Waals surface area contributed by atoms with Crippen LogP contribution in [0.15, 0.2) is 11.4 Å². The molecule has 2 unspecified atom stereocenters. The second kappa shape index (κ2) is 5.17.